The lowest BCUT2D eigenvalue weighted by atomic mass is 10.0. The first-order valence-corrected chi connectivity index (χ1v) is 16.1. The number of nitrogens with zero attached hydrogens (tertiary/aromatic N) is 5. The highest BCUT2D eigenvalue weighted by atomic mass is 32.2. The number of hydrogen-bond acceptors (Lipinski definition) is 12. The number of aromatic nitrogens is 4. The summed E-state index contributed by atoms with van der Waals surface area (Å²) in [5.74, 6) is 0.412. The summed E-state index contributed by atoms with van der Waals surface area (Å²) in [5.41, 5.74) is 7.49. The summed E-state index contributed by atoms with van der Waals surface area (Å²) in [6, 6.07) is 18.6. The number of amides is 1. The number of carbonyl (C=O) groups excluding carboxylic acids is 1. The summed E-state index contributed by atoms with van der Waals surface area (Å²) in [4.78, 5) is 33.7. The summed E-state index contributed by atoms with van der Waals surface area (Å²) in [6.07, 6.45) is 1.92. The number of carbonyl (C=O) groups is 1. The number of primary amides is 1. The highest BCUT2D eigenvalue weighted by molar-refractivity contribution is 7.98. The molecule has 4 aromatic carbocycles. The number of aromatic hydroxyl groups is 1. The normalized spacial score (nSPS) is 11.1. The van der Waals surface area contributed by atoms with Gasteiger partial charge in [-0.3, -0.25) is 14.9 Å². The van der Waals surface area contributed by atoms with Crippen molar-refractivity contribution in [3.8, 4) is 23.0 Å². The molecule has 3 N–H and O–H groups in total. The number of hydrogen-bond donors (Lipinski definition) is 2. The van der Waals surface area contributed by atoms with Gasteiger partial charge in [-0.15, -0.1) is 5.10 Å². The zero-order valence-electron chi connectivity index (χ0n) is 26.3. The number of fused-ring (bicyclic) bond motifs is 1. The van der Waals surface area contributed by atoms with Gasteiger partial charge in [-0.25, -0.2) is 14.5 Å². The second-order valence-electron chi connectivity index (χ2n) is 10.7. The highest BCUT2D eigenvalue weighted by Gasteiger charge is 2.19. The zero-order chi connectivity index (χ0) is 34.0. The van der Waals surface area contributed by atoms with Crippen molar-refractivity contribution in [2.24, 2.45) is 5.73 Å². The minimum atomic E-state index is -0.778. The molecule has 5 aromatic rings. The molecule has 14 nitrogen and oxygen atoms in total. The Morgan fingerprint density at radius 1 is 1.00 bits per heavy atom. The number of phenols is 1. The number of thioether (sulfide) groups is 1. The zero-order valence-corrected chi connectivity index (χ0v) is 27.1. The van der Waals surface area contributed by atoms with E-state index in [0.717, 1.165) is 24.0 Å². The van der Waals surface area contributed by atoms with Crippen molar-refractivity contribution < 1.29 is 34.1 Å². The maximum atomic E-state index is 11.9. The standard InChI is InChI=1S/C33H34N6O8S/c1-3-4-14-45-46-15-13-38-33(35-36-37-38)48-20-23-10-12-29(27(17-23)39(42)43)44-19-22-9-11-28(21(2)16-22)47-30-18-26(32(34)41)31(40)25-8-6-5-7-24(25)30/h5-12,16-18,40H,3-4,13-15,19-20H2,1-2H3,(H2,34,41). The molecule has 0 aliphatic rings. The largest absolute Gasteiger partial charge is 0.506 e. The van der Waals surface area contributed by atoms with Crippen LogP contribution in [-0.4, -0.2) is 49.4 Å². The average molecular weight is 675 g/mol. The van der Waals surface area contributed by atoms with Gasteiger partial charge in [0.1, 0.15) is 30.5 Å². The maximum absolute atomic E-state index is 11.9. The fourth-order valence-corrected chi connectivity index (χ4v) is 5.59. The molecule has 0 saturated carbocycles. The molecule has 1 aromatic heterocycles. The van der Waals surface area contributed by atoms with E-state index in [1.807, 2.05) is 13.0 Å². The van der Waals surface area contributed by atoms with Crippen LogP contribution in [0.4, 0.5) is 5.69 Å². The van der Waals surface area contributed by atoms with Crippen LogP contribution in [-0.2, 0) is 28.7 Å². The number of rotatable bonds is 17. The van der Waals surface area contributed by atoms with Crippen molar-refractivity contribution in [3.63, 3.8) is 0 Å². The van der Waals surface area contributed by atoms with E-state index in [-0.39, 0.29) is 36.0 Å². The van der Waals surface area contributed by atoms with Crippen molar-refractivity contribution in [2.75, 3.05) is 13.2 Å². The number of tetrazole rings is 1. The quantitative estimate of drug-likeness (QED) is 0.0371. The van der Waals surface area contributed by atoms with E-state index in [0.29, 0.717) is 51.9 Å². The van der Waals surface area contributed by atoms with E-state index >= 15 is 0 Å². The Labute approximate surface area is 279 Å². The molecule has 48 heavy (non-hydrogen) atoms. The van der Waals surface area contributed by atoms with Gasteiger partial charge in [0.2, 0.25) is 5.16 Å². The number of nitro groups is 1. The number of benzene rings is 4. The van der Waals surface area contributed by atoms with E-state index in [2.05, 4.69) is 22.4 Å². The van der Waals surface area contributed by atoms with Crippen molar-refractivity contribution in [2.45, 2.75) is 50.8 Å². The first-order chi connectivity index (χ1) is 23.2. The molecule has 0 atom stereocenters. The van der Waals surface area contributed by atoms with Gasteiger partial charge in [-0.1, -0.05) is 61.5 Å². The third-order valence-electron chi connectivity index (χ3n) is 7.24. The molecule has 0 spiro atoms. The van der Waals surface area contributed by atoms with E-state index in [9.17, 15) is 20.0 Å². The summed E-state index contributed by atoms with van der Waals surface area (Å²) >= 11 is 1.34. The van der Waals surface area contributed by atoms with Gasteiger partial charge in [0, 0.05) is 22.6 Å². The molecule has 0 bridgehead atoms. The van der Waals surface area contributed by atoms with Gasteiger partial charge < -0.3 is 20.3 Å². The number of ether oxygens (including phenoxy) is 2. The fourth-order valence-electron chi connectivity index (χ4n) is 4.74. The van der Waals surface area contributed by atoms with Gasteiger partial charge in [-0.2, -0.15) is 0 Å². The Morgan fingerprint density at radius 2 is 1.75 bits per heavy atom. The van der Waals surface area contributed by atoms with Crippen LogP contribution in [0.3, 0.4) is 0 Å². The minimum Gasteiger partial charge on any atom is -0.506 e. The first kappa shape index (κ1) is 34.1. The lowest BCUT2D eigenvalue weighted by Gasteiger charge is -2.15. The average Bonchev–Trinajstić information content (AvgIpc) is 3.53. The molecule has 250 valence electrons. The summed E-state index contributed by atoms with van der Waals surface area (Å²) in [6.45, 7) is 5.18. The Morgan fingerprint density at radius 3 is 2.50 bits per heavy atom. The predicted molar refractivity (Wildman–Crippen MR) is 177 cm³/mol. The third kappa shape index (κ3) is 8.36. The van der Waals surface area contributed by atoms with Crippen LogP contribution in [0.2, 0.25) is 0 Å². The number of aryl methyl sites for hydroxylation is 1. The van der Waals surface area contributed by atoms with E-state index < -0.39 is 10.8 Å². The van der Waals surface area contributed by atoms with Gasteiger partial charge in [0.15, 0.2) is 5.75 Å². The number of nitrogens with two attached hydrogens (primary N) is 1. The smallest absolute Gasteiger partial charge is 0.311 e. The molecule has 0 fully saturated rings. The van der Waals surface area contributed by atoms with Crippen molar-refractivity contribution >= 4 is 34.1 Å². The van der Waals surface area contributed by atoms with Gasteiger partial charge >= 0.3 is 5.69 Å². The molecule has 0 saturated heterocycles. The molecule has 0 unspecified atom stereocenters. The molecule has 0 aliphatic heterocycles. The van der Waals surface area contributed by atoms with Crippen LogP contribution in [0.1, 0.15) is 46.8 Å². The van der Waals surface area contributed by atoms with Gasteiger partial charge in [0.25, 0.3) is 5.91 Å². The van der Waals surface area contributed by atoms with Crippen molar-refractivity contribution in [1.29, 1.82) is 0 Å². The van der Waals surface area contributed by atoms with Crippen LogP contribution < -0.4 is 15.2 Å². The highest BCUT2D eigenvalue weighted by Crippen LogP contribution is 2.39. The topological polar surface area (TPSA) is 187 Å². The van der Waals surface area contributed by atoms with Gasteiger partial charge in [0.05, 0.1) is 23.6 Å². The Bertz CT molecular complexity index is 1920. The Balaban J connectivity index is 1.22. The Hall–Kier alpha value is -5.25. The third-order valence-corrected chi connectivity index (χ3v) is 8.26. The molecule has 0 aliphatic carbocycles. The number of nitro benzene ring substituents is 1. The second-order valence-corrected chi connectivity index (χ2v) is 11.6. The minimum absolute atomic E-state index is 0.0491. The fraction of sp³-hybridized carbons (Fsp3) is 0.273. The SMILES string of the molecule is CCCCOOCCn1nnnc1SCc1ccc(OCc2ccc(Oc3cc(C(N)=O)c(O)c4ccccc34)c(C)c2)c([N+](=O)[O-])c1. The summed E-state index contributed by atoms with van der Waals surface area (Å²) in [7, 11) is 0. The molecule has 15 heteroatoms. The van der Waals surface area contributed by atoms with Crippen LogP contribution in [0.15, 0.2) is 71.9 Å². The molecule has 1 heterocycles. The van der Waals surface area contributed by atoms with Gasteiger partial charge in [-0.05, 0) is 64.7 Å². The van der Waals surface area contributed by atoms with Crippen LogP contribution in [0, 0.1) is 17.0 Å². The molecule has 0 radical (unpaired) electrons. The lowest BCUT2D eigenvalue weighted by molar-refractivity contribution is -0.386. The number of unbranched alkanes of at least 4 members (excludes halogenated alkanes) is 1. The van der Waals surface area contributed by atoms with Crippen LogP contribution in [0.5, 0.6) is 23.0 Å². The van der Waals surface area contributed by atoms with E-state index in [1.165, 1.54) is 23.9 Å². The van der Waals surface area contributed by atoms with E-state index in [4.69, 9.17) is 25.0 Å². The first-order valence-electron chi connectivity index (χ1n) is 15.1. The maximum Gasteiger partial charge on any atom is 0.311 e. The Kier molecular flexibility index (Phi) is 11.4. The van der Waals surface area contributed by atoms with Crippen molar-refractivity contribution in [3.05, 3.63) is 99.1 Å². The second kappa shape index (κ2) is 16.0. The van der Waals surface area contributed by atoms with Crippen LogP contribution >= 0.6 is 11.8 Å². The van der Waals surface area contributed by atoms with Crippen molar-refractivity contribution in [1.82, 2.24) is 20.2 Å². The van der Waals surface area contributed by atoms with Crippen LogP contribution in [0.25, 0.3) is 10.8 Å². The van der Waals surface area contributed by atoms with E-state index in [1.54, 1.807) is 53.2 Å². The monoisotopic (exact) mass is 674 g/mol. The lowest BCUT2D eigenvalue weighted by Crippen LogP contribution is -2.11. The predicted octanol–water partition coefficient (Wildman–Crippen LogP) is 6.26. The molecule has 1 amide bonds. The summed E-state index contributed by atoms with van der Waals surface area (Å²) < 4.78 is 13.6. The molecule has 5 rings (SSSR count). The summed E-state index contributed by atoms with van der Waals surface area (Å²) in [5, 5.41) is 35.8. The molecular formula is C33H34N6O8S. The molecular weight excluding hydrogens is 640 g/mol.